The number of amides is 1. The Morgan fingerprint density at radius 1 is 1.38 bits per heavy atom. The molecule has 1 aromatic heterocycles. The number of nitrogens with one attached hydrogen (secondary N) is 1. The molecule has 1 amide bonds. The van der Waals surface area contributed by atoms with E-state index in [1.54, 1.807) is 11.4 Å². The summed E-state index contributed by atoms with van der Waals surface area (Å²) in [7, 11) is 0. The van der Waals surface area contributed by atoms with Gasteiger partial charge >= 0.3 is 5.97 Å². The maximum absolute atomic E-state index is 12.1. The van der Waals surface area contributed by atoms with Crippen LogP contribution in [0.15, 0.2) is 35.7 Å². The minimum Gasteiger partial charge on any atom is -0.492 e. The fourth-order valence-electron chi connectivity index (χ4n) is 2.39. The van der Waals surface area contributed by atoms with Gasteiger partial charge in [0.05, 0.1) is 11.5 Å². The number of anilines is 1. The summed E-state index contributed by atoms with van der Waals surface area (Å²) in [5.74, 6) is -0.587. The lowest BCUT2D eigenvalue weighted by molar-refractivity contribution is -0.152. The van der Waals surface area contributed by atoms with E-state index in [9.17, 15) is 9.59 Å². The van der Waals surface area contributed by atoms with Crippen LogP contribution in [0, 0.1) is 17.2 Å². The molecule has 1 aliphatic heterocycles. The topological polar surface area (TPSA) is 88.4 Å². The van der Waals surface area contributed by atoms with Crippen molar-refractivity contribution >= 4 is 28.2 Å². The molecule has 0 radical (unpaired) electrons. The fraction of sp³-hybridized carbons (Fsp3) is 0.235. The monoisotopic (exact) mass is 342 g/mol. The third-order valence-corrected chi connectivity index (χ3v) is 4.43. The third kappa shape index (κ3) is 3.55. The predicted molar refractivity (Wildman–Crippen MR) is 87.8 cm³/mol. The summed E-state index contributed by atoms with van der Waals surface area (Å²) < 4.78 is 10.6. The molecule has 0 fully saturated rings. The second-order valence-electron chi connectivity index (χ2n) is 5.25. The molecule has 1 aliphatic rings. The fourth-order valence-corrected chi connectivity index (χ4v) is 3.14. The molecule has 0 unspecified atom stereocenters. The van der Waals surface area contributed by atoms with Crippen LogP contribution in [0.1, 0.15) is 11.1 Å². The van der Waals surface area contributed by atoms with Crippen LogP contribution in [0.4, 0.5) is 5.00 Å². The number of para-hydroxylation sites is 1. The Kier molecular flexibility index (Phi) is 4.77. The molecule has 0 aliphatic carbocycles. The highest BCUT2D eigenvalue weighted by Gasteiger charge is 2.27. The zero-order valence-electron chi connectivity index (χ0n) is 12.7. The molecule has 0 saturated carbocycles. The van der Waals surface area contributed by atoms with Gasteiger partial charge in [-0.15, -0.1) is 11.3 Å². The Labute approximate surface area is 142 Å². The molecule has 7 heteroatoms. The summed E-state index contributed by atoms with van der Waals surface area (Å²) in [5, 5.41) is 13.6. The maximum Gasteiger partial charge on any atom is 0.313 e. The number of ether oxygens (including phenoxy) is 2. The van der Waals surface area contributed by atoms with Gasteiger partial charge in [0.2, 0.25) is 0 Å². The standard InChI is InChI=1S/C17H14N2O4S/c18-8-12-5-6-24-16(12)19-15(20)10-23-17(21)13-7-11-3-1-2-4-14(11)22-9-13/h1-6,13H,7,9-10H2,(H,19,20)/t13-/m0/s1. The quantitative estimate of drug-likeness (QED) is 0.862. The van der Waals surface area contributed by atoms with Crippen molar-refractivity contribution in [3.8, 4) is 11.8 Å². The lowest BCUT2D eigenvalue weighted by atomic mass is 9.97. The minimum atomic E-state index is -0.473. The van der Waals surface area contributed by atoms with Crippen LogP contribution in [0.5, 0.6) is 5.75 Å². The molecule has 0 bridgehead atoms. The van der Waals surface area contributed by atoms with Crippen molar-refractivity contribution in [3.63, 3.8) is 0 Å². The summed E-state index contributed by atoms with van der Waals surface area (Å²) in [4.78, 5) is 23.9. The molecule has 0 spiro atoms. The van der Waals surface area contributed by atoms with E-state index < -0.39 is 17.8 Å². The Morgan fingerprint density at radius 2 is 2.21 bits per heavy atom. The number of benzene rings is 1. The van der Waals surface area contributed by atoms with Gasteiger partial charge in [0, 0.05) is 0 Å². The lowest BCUT2D eigenvalue weighted by Crippen LogP contribution is -2.31. The Hall–Kier alpha value is -2.85. The van der Waals surface area contributed by atoms with Gasteiger partial charge in [-0.2, -0.15) is 5.26 Å². The van der Waals surface area contributed by atoms with Gasteiger partial charge < -0.3 is 14.8 Å². The van der Waals surface area contributed by atoms with E-state index in [4.69, 9.17) is 14.7 Å². The first-order valence-corrected chi connectivity index (χ1v) is 8.20. The van der Waals surface area contributed by atoms with Gasteiger partial charge in [-0.25, -0.2) is 0 Å². The van der Waals surface area contributed by atoms with Crippen molar-refractivity contribution in [3.05, 3.63) is 46.8 Å². The van der Waals surface area contributed by atoms with Crippen LogP contribution in [-0.4, -0.2) is 25.1 Å². The number of nitrogens with zero attached hydrogens (tertiary/aromatic N) is 1. The van der Waals surface area contributed by atoms with Crippen LogP contribution in [0.2, 0.25) is 0 Å². The molecule has 2 heterocycles. The van der Waals surface area contributed by atoms with Crippen molar-refractivity contribution in [2.24, 2.45) is 5.92 Å². The molecule has 24 heavy (non-hydrogen) atoms. The van der Waals surface area contributed by atoms with Crippen molar-refractivity contribution < 1.29 is 19.1 Å². The van der Waals surface area contributed by atoms with E-state index in [1.807, 2.05) is 30.3 Å². The highest BCUT2D eigenvalue weighted by molar-refractivity contribution is 7.14. The number of nitriles is 1. The molecule has 1 aromatic carbocycles. The maximum atomic E-state index is 12.1. The highest BCUT2D eigenvalue weighted by atomic mass is 32.1. The zero-order chi connectivity index (χ0) is 16.9. The largest absolute Gasteiger partial charge is 0.492 e. The first-order valence-electron chi connectivity index (χ1n) is 7.32. The number of rotatable bonds is 4. The first kappa shape index (κ1) is 16.0. The molecule has 2 aromatic rings. The average molecular weight is 342 g/mol. The van der Waals surface area contributed by atoms with E-state index in [2.05, 4.69) is 5.32 Å². The second-order valence-corrected chi connectivity index (χ2v) is 6.17. The number of fused-ring (bicyclic) bond motifs is 1. The zero-order valence-corrected chi connectivity index (χ0v) is 13.5. The smallest absolute Gasteiger partial charge is 0.313 e. The minimum absolute atomic E-state index is 0.237. The second kappa shape index (κ2) is 7.15. The van der Waals surface area contributed by atoms with Crippen molar-refractivity contribution in [1.29, 1.82) is 5.26 Å². The van der Waals surface area contributed by atoms with Crippen LogP contribution < -0.4 is 10.1 Å². The number of hydrogen-bond donors (Lipinski definition) is 1. The molecule has 0 saturated heterocycles. The Bertz CT molecular complexity index is 809. The van der Waals surface area contributed by atoms with Crippen LogP contribution >= 0.6 is 11.3 Å². The highest BCUT2D eigenvalue weighted by Crippen LogP contribution is 2.27. The van der Waals surface area contributed by atoms with E-state index in [-0.39, 0.29) is 13.2 Å². The molecule has 6 nitrogen and oxygen atoms in total. The number of hydrogen-bond acceptors (Lipinski definition) is 6. The average Bonchev–Trinajstić information content (AvgIpc) is 3.06. The molecule has 3 rings (SSSR count). The lowest BCUT2D eigenvalue weighted by Gasteiger charge is -2.23. The van der Waals surface area contributed by atoms with Crippen molar-refractivity contribution in [2.75, 3.05) is 18.5 Å². The number of carbonyl (C=O) groups is 2. The van der Waals surface area contributed by atoms with Crippen LogP contribution in [-0.2, 0) is 20.7 Å². The number of thiophene rings is 1. The summed E-state index contributed by atoms with van der Waals surface area (Å²) in [6.45, 7) is -0.152. The third-order valence-electron chi connectivity index (χ3n) is 3.60. The molecule has 122 valence electrons. The summed E-state index contributed by atoms with van der Waals surface area (Å²) in [6.07, 6.45) is 0.528. The molecule has 1 N–H and O–H groups in total. The van der Waals surface area contributed by atoms with Crippen molar-refractivity contribution in [1.82, 2.24) is 0 Å². The van der Waals surface area contributed by atoms with Gasteiger partial charge in [0.1, 0.15) is 23.4 Å². The van der Waals surface area contributed by atoms with Crippen molar-refractivity contribution in [2.45, 2.75) is 6.42 Å². The van der Waals surface area contributed by atoms with Gasteiger partial charge in [-0.1, -0.05) is 18.2 Å². The van der Waals surface area contributed by atoms with E-state index in [0.29, 0.717) is 17.0 Å². The van der Waals surface area contributed by atoms with Gasteiger partial charge in [0.25, 0.3) is 5.91 Å². The van der Waals surface area contributed by atoms with E-state index in [1.165, 1.54) is 11.3 Å². The van der Waals surface area contributed by atoms with Gasteiger partial charge in [-0.3, -0.25) is 9.59 Å². The van der Waals surface area contributed by atoms with E-state index in [0.717, 1.165) is 11.3 Å². The predicted octanol–water partition coefficient (Wildman–Crippen LogP) is 2.35. The molecular formula is C17H14N2O4S. The first-order chi connectivity index (χ1) is 11.7. The van der Waals surface area contributed by atoms with E-state index >= 15 is 0 Å². The normalized spacial score (nSPS) is 15.5. The Morgan fingerprint density at radius 3 is 3.04 bits per heavy atom. The molecular weight excluding hydrogens is 328 g/mol. The number of esters is 1. The SMILES string of the molecule is N#Cc1ccsc1NC(=O)COC(=O)[C@@H]1COc2ccccc2C1. The van der Waals surface area contributed by atoms with Gasteiger partial charge in [-0.05, 0) is 29.5 Å². The molecule has 1 atom stereocenters. The van der Waals surface area contributed by atoms with Crippen LogP contribution in [0.25, 0.3) is 0 Å². The van der Waals surface area contributed by atoms with Gasteiger partial charge in [0.15, 0.2) is 6.61 Å². The summed E-state index contributed by atoms with van der Waals surface area (Å²) >= 11 is 1.24. The summed E-state index contributed by atoms with van der Waals surface area (Å²) in [5.41, 5.74) is 1.34. The van der Waals surface area contributed by atoms with Crippen LogP contribution in [0.3, 0.4) is 0 Å². The number of carbonyl (C=O) groups excluding carboxylic acids is 2. The Balaban J connectivity index is 1.51. The summed E-state index contributed by atoms with van der Waals surface area (Å²) in [6, 6.07) is 11.1.